The highest BCUT2D eigenvalue weighted by atomic mass is 16.6. The molecule has 0 unspecified atom stereocenters. The third-order valence-corrected chi connectivity index (χ3v) is 3.03. The van der Waals surface area contributed by atoms with E-state index >= 15 is 0 Å². The zero-order valence-corrected chi connectivity index (χ0v) is 10.1. The van der Waals surface area contributed by atoms with Gasteiger partial charge in [-0.1, -0.05) is 26.2 Å². The second-order valence-electron chi connectivity index (χ2n) is 4.15. The Kier molecular flexibility index (Phi) is 4.77. The molecule has 1 aliphatic heterocycles. The van der Waals surface area contributed by atoms with Crippen molar-refractivity contribution in [3.63, 3.8) is 0 Å². The Labute approximate surface area is 96.3 Å². The van der Waals surface area contributed by atoms with Gasteiger partial charge in [0.1, 0.15) is 0 Å². The topological polar surface area (TPSA) is 52.6 Å². The zero-order chi connectivity index (χ0) is 12.0. The summed E-state index contributed by atoms with van der Waals surface area (Å²) in [6, 6.07) is 0. The SMILES string of the molecule is CCCCC[C@@]1(C(=O)OCC)CCOC1=O. The first-order chi connectivity index (χ1) is 7.67. The van der Waals surface area contributed by atoms with Crippen LogP contribution in [-0.4, -0.2) is 25.2 Å². The third-order valence-electron chi connectivity index (χ3n) is 3.03. The molecule has 1 saturated heterocycles. The highest BCUT2D eigenvalue weighted by Crippen LogP contribution is 2.37. The molecular formula is C12H20O4. The van der Waals surface area contributed by atoms with Gasteiger partial charge >= 0.3 is 11.9 Å². The van der Waals surface area contributed by atoms with E-state index in [0.29, 0.717) is 26.1 Å². The molecule has 0 radical (unpaired) electrons. The van der Waals surface area contributed by atoms with Gasteiger partial charge in [0.2, 0.25) is 0 Å². The predicted molar refractivity (Wildman–Crippen MR) is 58.8 cm³/mol. The summed E-state index contributed by atoms with van der Waals surface area (Å²) in [5, 5.41) is 0. The van der Waals surface area contributed by atoms with E-state index in [4.69, 9.17) is 9.47 Å². The molecule has 0 saturated carbocycles. The Bertz CT molecular complexity index is 262. The maximum atomic E-state index is 11.8. The maximum absolute atomic E-state index is 11.8. The first-order valence-electron chi connectivity index (χ1n) is 6.02. The lowest BCUT2D eigenvalue weighted by Gasteiger charge is -2.21. The van der Waals surface area contributed by atoms with Crippen LogP contribution in [0.15, 0.2) is 0 Å². The van der Waals surface area contributed by atoms with Crippen molar-refractivity contribution in [2.45, 2.75) is 46.0 Å². The normalized spacial score (nSPS) is 24.2. The van der Waals surface area contributed by atoms with Crippen LogP contribution in [0.2, 0.25) is 0 Å². The summed E-state index contributed by atoms with van der Waals surface area (Å²) in [7, 11) is 0. The molecule has 1 rings (SSSR count). The van der Waals surface area contributed by atoms with E-state index in [2.05, 4.69) is 6.92 Å². The molecule has 0 aliphatic carbocycles. The highest BCUT2D eigenvalue weighted by Gasteiger charge is 2.51. The minimum atomic E-state index is -1.01. The van der Waals surface area contributed by atoms with Gasteiger partial charge in [-0.2, -0.15) is 0 Å². The van der Waals surface area contributed by atoms with Crippen molar-refractivity contribution in [2.24, 2.45) is 5.41 Å². The first kappa shape index (κ1) is 13.0. The van der Waals surface area contributed by atoms with Gasteiger partial charge < -0.3 is 9.47 Å². The molecule has 4 heteroatoms. The van der Waals surface area contributed by atoms with Crippen molar-refractivity contribution in [1.29, 1.82) is 0 Å². The minimum absolute atomic E-state index is 0.307. The van der Waals surface area contributed by atoms with Crippen LogP contribution in [0.1, 0.15) is 46.0 Å². The van der Waals surface area contributed by atoms with Gasteiger partial charge in [0, 0.05) is 6.42 Å². The molecule has 1 aliphatic rings. The van der Waals surface area contributed by atoms with Crippen LogP contribution < -0.4 is 0 Å². The third kappa shape index (κ3) is 2.54. The van der Waals surface area contributed by atoms with Crippen LogP contribution in [0.25, 0.3) is 0 Å². The van der Waals surface area contributed by atoms with E-state index in [9.17, 15) is 9.59 Å². The summed E-state index contributed by atoms with van der Waals surface area (Å²) in [6.45, 7) is 4.48. The van der Waals surface area contributed by atoms with Gasteiger partial charge in [-0.15, -0.1) is 0 Å². The van der Waals surface area contributed by atoms with Crippen molar-refractivity contribution >= 4 is 11.9 Å². The summed E-state index contributed by atoms with van der Waals surface area (Å²) in [6.07, 6.45) is 3.97. The fourth-order valence-electron chi connectivity index (χ4n) is 2.02. The summed E-state index contributed by atoms with van der Waals surface area (Å²) in [5.41, 5.74) is -1.01. The van der Waals surface area contributed by atoms with E-state index in [0.717, 1.165) is 19.3 Å². The van der Waals surface area contributed by atoms with E-state index in [1.54, 1.807) is 6.92 Å². The van der Waals surface area contributed by atoms with Gasteiger partial charge in [-0.05, 0) is 13.3 Å². The second kappa shape index (κ2) is 5.87. The minimum Gasteiger partial charge on any atom is -0.465 e. The lowest BCUT2D eigenvalue weighted by molar-refractivity contribution is -0.165. The number of rotatable bonds is 6. The van der Waals surface area contributed by atoms with Crippen LogP contribution in [-0.2, 0) is 19.1 Å². The molecule has 0 aromatic carbocycles. The molecule has 16 heavy (non-hydrogen) atoms. The average Bonchev–Trinajstić information content (AvgIpc) is 2.62. The molecule has 1 fully saturated rings. The number of cyclic esters (lactones) is 1. The largest absolute Gasteiger partial charge is 0.465 e. The van der Waals surface area contributed by atoms with Crippen molar-refractivity contribution in [2.75, 3.05) is 13.2 Å². The Morgan fingerprint density at radius 2 is 2.19 bits per heavy atom. The van der Waals surface area contributed by atoms with Crippen LogP contribution in [0, 0.1) is 5.41 Å². The number of ether oxygens (including phenoxy) is 2. The lowest BCUT2D eigenvalue weighted by Crippen LogP contribution is -2.37. The smallest absolute Gasteiger partial charge is 0.323 e. The fourth-order valence-corrected chi connectivity index (χ4v) is 2.02. The number of carbonyl (C=O) groups is 2. The average molecular weight is 228 g/mol. The second-order valence-corrected chi connectivity index (χ2v) is 4.15. The van der Waals surface area contributed by atoms with Crippen molar-refractivity contribution in [3.8, 4) is 0 Å². The number of hydrogen-bond donors (Lipinski definition) is 0. The molecule has 0 N–H and O–H groups in total. The molecule has 0 amide bonds. The zero-order valence-electron chi connectivity index (χ0n) is 10.1. The molecule has 1 atom stereocenters. The Hall–Kier alpha value is -1.06. The Morgan fingerprint density at radius 1 is 1.44 bits per heavy atom. The highest BCUT2D eigenvalue weighted by molar-refractivity contribution is 6.01. The molecule has 1 heterocycles. The van der Waals surface area contributed by atoms with Crippen molar-refractivity contribution < 1.29 is 19.1 Å². The van der Waals surface area contributed by atoms with Crippen LogP contribution in [0.4, 0.5) is 0 Å². The molecule has 0 bridgehead atoms. The summed E-state index contributed by atoms with van der Waals surface area (Å²) in [4.78, 5) is 23.5. The van der Waals surface area contributed by atoms with Crippen molar-refractivity contribution in [3.05, 3.63) is 0 Å². The van der Waals surface area contributed by atoms with E-state index in [1.165, 1.54) is 0 Å². The first-order valence-corrected chi connectivity index (χ1v) is 6.02. The van der Waals surface area contributed by atoms with Gasteiger partial charge in [-0.25, -0.2) is 0 Å². The van der Waals surface area contributed by atoms with E-state index in [-0.39, 0.29) is 0 Å². The summed E-state index contributed by atoms with van der Waals surface area (Å²) in [5.74, 6) is -0.810. The molecular weight excluding hydrogens is 208 g/mol. The molecule has 0 spiro atoms. The van der Waals surface area contributed by atoms with Gasteiger partial charge in [0.15, 0.2) is 5.41 Å². The van der Waals surface area contributed by atoms with Crippen molar-refractivity contribution in [1.82, 2.24) is 0 Å². The van der Waals surface area contributed by atoms with Gasteiger partial charge in [0.25, 0.3) is 0 Å². The van der Waals surface area contributed by atoms with Crippen LogP contribution in [0.3, 0.4) is 0 Å². The van der Waals surface area contributed by atoms with E-state index < -0.39 is 17.4 Å². The quantitative estimate of drug-likeness (QED) is 0.396. The lowest BCUT2D eigenvalue weighted by atomic mass is 9.81. The fraction of sp³-hybridized carbons (Fsp3) is 0.833. The summed E-state index contributed by atoms with van der Waals surface area (Å²) < 4.78 is 9.92. The number of hydrogen-bond acceptors (Lipinski definition) is 4. The Morgan fingerprint density at radius 3 is 2.69 bits per heavy atom. The summed E-state index contributed by atoms with van der Waals surface area (Å²) >= 11 is 0. The number of esters is 2. The Balaban J connectivity index is 2.68. The molecule has 92 valence electrons. The number of unbranched alkanes of at least 4 members (excludes halogenated alkanes) is 2. The molecule has 0 aromatic heterocycles. The standard InChI is InChI=1S/C12H20O4/c1-3-5-6-7-12(10(13)15-4-2)8-9-16-11(12)14/h3-9H2,1-2H3/t12-/m0/s1. The monoisotopic (exact) mass is 228 g/mol. The van der Waals surface area contributed by atoms with Gasteiger partial charge in [0.05, 0.1) is 13.2 Å². The van der Waals surface area contributed by atoms with Crippen LogP contribution >= 0.6 is 0 Å². The number of carbonyl (C=O) groups excluding carboxylic acids is 2. The maximum Gasteiger partial charge on any atom is 0.323 e. The predicted octanol–water partition coefficient (Wildman–Crippen LogP) is 2.06. The molecule has 0 aromatic rings. The van der Waals surface area contributed by atoms with Crippen LogP contribution in [0.5, 0.6) is 0 Å². The van der Waals surface area contributed by atoms with E-state index in [1.807, 2.05) is 0 Å². The van der Waals surface area contributed by atoms with Gasteiger partial charge in [-0.3, -0.25) is 9.59 Å². The molecule has 4 nitrogen and oxygen atoms in total.